The van der Waals surface area contributed by atoms with Gasteiger partial charge in [-0.2, -0.15) is 0 Å². The van der Waals surface area contributed by atoms with Gasteiger partial charge in [0.1, 0.15) is 11.6 Å². The molecule has 0 aliphatic carbocycles. The summed E-state index contributed by atoms with van der Waals surface area (Å²) >= 11 is 2.76. The van der Waals surface area contributed by atoms with Crippen LogP contribution in [0, 0.1) is 11.6 Å². The molecule has 15 heavy (non-hydrogen) atoms. The summed E-state index contributed by atoms with van der Waals surface area (Å²) in [4.78, 5) is 0. The van der Waals surface area contributed by atoms with Crippen molar-refractivity contribution in [3.63, 3.8) is 0 Å². The van der Waals surface area contributed by atoms with Crippen molar-refractivity contribution in [2.45, 2.75) is 12.5 Å². The SMILES string of the molecule is Cl.N[C@@H](c1c(F)ccc(Br)c1F)C(F)F. The summed E-state index contributed by atoms with van der Waals surface area (Å²) in [6.45, 7) is 0. The van der Waals surface area contributed by atoms with Gasteiger partial charge in [-0.15, -0.1) is 12.4 Å². The maximum Gasteiger partial charge on any atom is 0.257 e. The quantitative estimate of drug-likeness (QED) is 0.657. The maximum absolute atomic E-state index is 13.2. The molecule has 1 atom stereocenters. The minimum absolute atomic E-state index is 0. The minimum Gasteiger partial charge on any atom is -0.319 e. The van der Waals surface area contributed by atoms with Crippen LogP contribution in [0.25, 0.3) is 0 Å². The Labute approximate surface area is 98.2 Å². The lowest BCUT2D eigenvalue weighted by Crippen LogP contribution is -2.22. The van der Waals surface area contributed by atoms with Crippen LogP contribution in [0.4, 0.5) is 17.6 Å². The fraction of sp³-hybridized carbons (Fsp3) is 0.250. The molecule has 0 radical (unpaired) electrons. The Morgan fingerprint density at radius 1 is 1.20 bits per heavy atom. The molecule has 0 aliphatic heterocycles. The summed E-state index contributed by atoms with van der Waals surface area (Å²) in [5.74, 6) is -2.16. The van der Waals surface area contributed by atoms with Gasteiger partial charge >= 0.3 is 0 Å². The van der Waals surface area contributed by atoms with Crippen molar-refractivity contribution >= 4 is 28.3 Å². The molecule has 0 heterocycles. The topological polar surface area (TPSA) is 26.0 Å². The summed E-state index contributed by atoms with van der Waals surface area (Å²) < 4.78 is 50.3. The van der Waals surface area contributed by atoms with Gasteiger partial charge in [0.05, 0.1) is 10.5 Å². The van der Waals surface area contributed by atoms with E-state index in [0.29, 0.717) is 0 Å². The highest BCUT2D eigenvalue weighted by Gasteiger charge is 2.25. The smallest absolute Gasteiger partial charge is 0.257 e. The van der Waals surface area contributed by atoms with Gasteiger partial charge in [-0.25, -0.2) is 17.6 Å². The van der Waals surface area contributed by atoms with Crippen molar-refractivity contribution in [2.75, 3.05) is 0 Å². The molecule has 1 aromatic carbocycles. The van der Waals surface area contributed by atoms with Gasteiger partial charge in [0.15, 0.2) is 0 Å². The first-order chi connectivity index (χ1) is 6.45. The fourth-order valence-corrected chi connectivity index (χ4v) is 1.32. The molecule has 0 saturated carbocycles. The molecule has 7 heteroatoms. The fourth-order valence-electron chi connectivity index (χ4n) is 0.974. The van der Waals surface area contributed by atoms with Gasteiger partial charge < -0.3 is 5.73 Å². The van der Waals surface area contributed by atoms with Crippen LogP contribution < -0.4 is 5.73 Å². The Morgan fingerprint density at radius 2 is 1.73 bits per heavy atom. The van der Waals surface area contributed by atoms with Crippen molar-refractivity contribution in [1.29, 1.82) is 0 Å². The van der Waals surface area contributed by atoms with E-state index in [-0.39, 0.29) is 16.9 Å². The van der Waals surface area contributed by atoms with Gasteiger partial charge in [0.2, 0.25) is 0 Å². The third-order valence-corrected chi connectivity index (χ3v) is 2.30. The normalized spacial score (nSPS) is 12.5. The van der Waals surface area contributed by atoms with E-state index in [4.69, 9.17) is 5.73 Å². The number of halogens is 6. The Kier molecular flexibility index (Phi) is 5.55. The number of hydrogen-bond donors (Lipinski definition) is 1. The summed E-state index contributed by atoms with van der Waals surface area (Å²) in [5, 5.41) is 0. The number of nitrogens with two attached hydrogens (primary N) is 1. The zero-order valence-electron chi connectivity index (χ0n) is 7.18. The Morgan fingerprint density at radius 3 is 2.20 bits per heavy atom. The molecule has 0 unspecified atom stereocenters. The first kappa shape index (κ1) is 14.7. The van der Waals surface area contributed by atoms with Crippen LogP contribution in [-0.2, 0) is 0 Å². The lowest BCUT2D eigenvalue weighted by Gasteiger charge is -2.13. The van der Waals surface area contributed by atoms with E-state index in [1.165, 1.54) is 0 Å². The van der Waals surface area contributed by atoms with E-state index >= 15 is 0 Å². The summed E-state index contributed by atoms with van der Waals surface area (Å²) in [6.07, 6.45) is -3.01. The van der Waals surface area contributed by atoms with Crippen LogP contribution in [0.1, 0.15) is 11.6 Å². The zero-order chi connectivity index (χ0) is 10.9. The standard InChI is InChI=1S/C8H6BrF4N.ClH/c9-3-1-2-4(10)5(6(3)11)7(14)8(12)13;/h1-2,7-8H,14H2;1H/t7-;/m0./s1. The Bertz CT molecular complexity index is 348. The van der Waals surface area contributed by atoms with Crippen LogP contribution in [0.3, 0.4) is 0 Å². The van der Waals surface area contributed by atoms with Crippen LogP contribution in [0.2, 0.25) is 0 Å². The van der Waals surface area contributed by atoms with E-state index in [2.05, 4.69) is 15.9 Å². The van der Waals surface area contributed by atoms with E-state index < -0.39 is 29.7 Å². The predicted molar refractivity (Wildman–Crippen MR) is 54.2 cm³/mol. The second-order valence-electron chi connectivity index (χ2n) is 2.62. The van der Waals surface area contributed by atoms with Crippen molar-refractivity contribution in [3.05, 3.63) is 33.8 Å². The molecule has 0 amide bonds. The van der Waals surface area contributed by atoms with Crippen molar-refractivity contribution in [2.24, 2.45) is 5.73 Å². The monoisotopic (exact) mass is 307 g/mol. The average Bonchev–Trinajstić information content (AvgIpc) is 2.12. The average molecular weight is 308 g/mol. The van der Waals surface area contributed by atoms with Gasteiger partial charge in [0, 0.05) is 5.56 Å². The molecule has 0 aliphatic rings. The second-order valence-corrected chi connectivity index (χ2v) is 3.47. The second kappa shape index (κ2) is 5.67. The highest BCUT2D eigenvalue weighted by Crippen LogP contribution is 2.28. The van der Waals surface area contributed by atoms with E-state index in [1.54, 1.807) is 0 Å². The summed E-state index contributed by atoms with van der Waals surface area (Å²) in [7, 11) is 0. The van der Waals surface area contributed by atoms with Crippen LogP contribution in [0.15, 0.2) is 16.6 Å². The number of rotatable bonds is 2. The maximum atomic E-state index is 13.2. The van der Waals surface area contributed by atoms with Crippen LogP contribution >= 0.6 is 28.3 Å². The van der Waals surface area contributed by atoms with Gasteiger partial charge in [-0.3, -0.25) is 0 Å². The van der Waals surface area contributed by atoms with Gasteiger partial charge in [-0.1, -0.05) is 0 Å². The van der Waals surface area contributed by atoms with Crippen molar-refractivity contribution in [3.8, 4) is 0 Å². The molecular weight excluding hydrogens is 301 g/mol. The zero-order valence-corrected chi connectivity index (χ0v) is 9.59. The molecular formula is C8H7BrClF4N. The predicted octanol–water partition coefficient (Wildman–Crippen LogP) is 3.41. The first-order valence-corrected chi connectivity index (χ1v) is 4.41. The number of alkyl halides is 2. The molecule has 0 spiro atoms. The van der Waals surface area contributed by atoms with E-state index in [1.807, 2.05) is 0 Å². The summed E-state index contributed by atoms with van der Waals surface area (Å²) in [6, 6.07) is 0.0179. The number of benzene rings is 1. The molecule has 1 aromatic rings. The highest BCUT2D eigenvalue weighted by molar-refractivity contribution is 9.10. The molecule has 1 rings (SSSR count). The molecule has 0 bridgehead atoms. The molecule has 2 N–H and O–H groups in total. The number of hydrogen-bond acceptors (Lipinski definition) is 1. The lowest BCUT2D eigenvalue weighted by atomic mass is 10.1. The van der Waals surface area contributed by atoms with Crippen LogP contribution in [0.5, 0.6) is 0 Å². The minimum atomic E-state index is -3.01. The molecule has 86 valence electrons. The first-order valence-electron chi connectivity index (χ1n) is 3.62. The van der Waals surface area contributed by atoms with Crippen molar-refractivity contribution < 1.29 is 17.6 Å². The van der Waals surface area contributed by atoms with Gasteiger partial charge in [-0.05, 0) is 28.1 Å². The van der Waals surface area contributed by atoms with Crippen molar-refractivity contribution in [1.82, 2.24) is 0 Å². The van der Waals surface area contributed by atoms with E-state index in [0.717, 1.165) is 12.1 Å². The molecule has 1 nitrogen and oxygen atoms in total. The molecule has 0 fully saturated rings. The third kappa shape index (κ3) is 3.06. The largest absolute Gasteiger partial charge is 0.319 e. The highest BCUT2D eigenvalue weighted by atomic mass is 79.9. The lowest BCUT2D eigenvalue weighted by molar-refractivity contribution is 0.113. The van der Waals surface area contributed by atoms with Crippen LogP contribution in [-0.4, -0.2) is 6.43 Å². The summed E-state index contributed by atoms with van der Waals surface area (Å²) in [5.41, 5.74) is 4.16. The Balaban J connectivity index is 0.00000196. The third-order valence-electron chi connectivity index (χ3n) is 1.68. The van der Waals surface area contributed by atoms with Gasteiger partial charge in [0.25, 0.3) is 6.43 Å². The molecule has 0 saturated heterocycles. The molecule has 0 aromatic heterocycles. The van der Waals surface area contributed by atoms with E-state index in [9.17, 15) is 17.6 Å². The Hall–Kier alpha value is -0.330.